The average Bonchev–Trinajstić information content (AvgIpc) is 2.67. The monoisotopic (exact) mass is 216 g/mol. The van der Waals surface area contributed by atoms with Gasteiger partial charge in [-0.05, 0) is 12.5 Å². The summed E-state index contributed by atoms with van der Waals surface area (Å²) in [6.07, 6.45) is 1.26. The summed E-state index contributed by atoms with van der Waals surface area (Å²) in [5.74, 6) is 2.57. The van der Waals surface area contributed by atoms with E-state index in [9.17, 15) is 4.21 Å². The highest BCUT2D eigenvalue weighted by Gasteiger charge is 2.32. The lowest BCUT2D eigenvalue weighted by Gasteiger charge is -2.34. The summed E-state index contributed by atoms with van der Waals surface area (Å²) in [4.78, 5) is 2.54. The molecule has 4 heteroatoms. The van der Waals surface area contributed by atoms with E-state index < -0.39 is 10.8 Å². The molecule has 0 aromatic heterocycles. The Bertz CT molecular complexity index is 212. The van der Waals surface area contributed by atoms with E-state index >= 15 is 0 Å². The van der Waals surface area contributed by atoms with Crippen LogP contribution in [-0.4, -0.2) is 52.8 Å². The van der Waals surface area contributed by atoms with Crippen LogP contribution < -0.4 is 5.32 Å². The highest BCUT2D eigenvalue weighted by Crippen LogP contribution is 2.20. The molecule has 2 unspecified atom stereocenters. The smallest absolute Gasteiger partial charge is 0.0363 e. The minimum absolute atomic E-state index is 0.536. The highest BCUT2D eigenvalue weighted by atomic mass is 32.2. The second-order valence-corrected chi connectivity index (χ2v) is 5.97. The lowest BCUT2D eigenvalue weighted by molar-refractivity contribution is 0.185. The molecule has 0 aromatic rings. The van der Waals surface area contributed by atoms with E-state index in [1.165, 1.54) is 13.0 Å². The van der Waals surface area contributed by atoms with Gasteiger partial charge in [-0.3, -0.25) is 9.11 Å². The molecular formula is C10H20N2OS. The minimum atomic E-state index is -0.536. The van der Waals surface area contributed by atoms with Crippen LogP contribution in [0, 0.1) is 5.92 Å². The molecule has 2 saturated heterocycles. The van der Waals surface area contributed by atoms with E-state index in [-0.39, 0.29) is 0 Å². The summed E-state index contributed by atoms with van der Waals surface area (Å²) in [7, 11) is -0.536. The van der Waals surface area contributed by atoms with Crippen LogP contribution in [0.25, 0.3) is 0 Å². The van der Waals surface area contributed by atoms with Gasteiger partial charge in [-0.15, -0.1) is 0 Å². The average molecular weight is 216 g/mol. The molecule has 0 bridgehead atoms. The molecule has 2 heterocycles. The van der Waals surface area contributed by atoms with Gasteiger partial charge < -0.3 is 5.32 Å². The molecule has 2 aliphatic rings. The molecule has 0 radical (unpaired) electrons. The van der Waals surface area contributed by atoms with Gasteiger partial charge in [0.05, 0.1) is 0 Å². The third-order valence-electron chi connectivity index (χ3n) is 3.51. The first-order chi connectivity index (χ1) is 6.81. The molecule has 2 rings (SSSR count). The molecule has 2 fully saturated rings. The van der Waals surface area contributed by atoms with E-state index in [0.717, 1.165) is 37.1 Å². The normalized spacial score (nSPS) is 36.4. The van der Waals surface area contributed by atoms with Crippen LogP contribution in [0.5, 0.6) is 0 Å². The van der Waals surface area contributed by atoms with E-state index in [1.807, 2.05) is 0 Å². The minimum Gasteiger partial charge on any atom is -0.315 e. The van der Waals surface area contributed by atoms with Crippen LogP contribution >= 0.6 is 0 Å². The molecule has 0 aromatic carbocycles. The number of nitrogens with zero attached hydrogens (tertiary/aromatic N) is 1. The second kappa shape index (κ2) is 4.73. The van der Waals surface area contributed by atoms with Crippen molar-refractivity contribution in [3.05, 3.63) is 0 Å². The van der Waals surface area contributed by atoms with Gasteiger partial charge >= 0.3 is 0 Å². The summed E-state index contributed by atoms with van der Waals surface area (Å²) in [5.41, 5.74) is 0. The Morgan fingerprint density at radius 3 is 2.71 bits per heavy atom. The quantitative estimate of drug-likeness (QED) is 0.708. The molecule has 14 heavy (non-hydrogen) atoms. The topological polar surface area (TPSA) is 32.3 Å². The van der Waals surface area contributed by atoms with Gasteiger partial charge in [0.1, 0.15) is 0 Å². The van der Waals surface area contributed by atoms with Crippen molar-refractivity contribution in [3.8, 4) is 0 Å². The van der Waals surface area contributed by atoms with Crippen LogP contribution in [0.1, 0.15) is 13.3 Å². The van der Waals surface area contributed by atoms with Gasteiger partial charge in [0, 0.05) is 48.0 Å². The zero-order valence-electron chi connectivity index (χ0n) is 8.87. The lowest BCUT2D eigenvalue weighted by atomic mass is 9.99. The van der Waals surface area contributed by atoms with Gasteiger partial charge in [0.25, 0.3) is 0 Å². The van der Waals surface area contributed by atoms with Crippen LogP contribution in [0.2, 0.25) is 0 Å². The lowest BCUT2D eigenvalue weighted by Crippen LogP contribution is -2.47. The summed E-state index contributed by atoms with van der Waals surface area (Å²) in [6, 6.07) is 0.706. The Balaban J connectivity index is 1.91. The molecular weight excluding hydrogens is 196 g/mol. The molecule has 0 spiro atoms. The summed E-state index contributed by atoms with van der Waals surface area (Å²) >= 11 is 0. The van der Waals surface area contributed by atoms with Gasteiger partial charge in [-0.2, -0.15) is 0 Å². The van der Waals surface area contributed by atoms with E-state index in [0.29, 0.717) is 6.04 Å². The maximum Gasteiger partial charge on any atom is 0.0363 e. The molecule has 2 atom stereocenters. The van der Waals surface area contributed by atoms with Crippen molar-refractivity contribution >= 4 is 10.8 Å². The van der Waals surface area contributed by atoms with Crippen LogP contribution in [0.3, 0.4) is 0 Å². The van der Waals surface area contributed by atoms with E-state index in [2.05, 4.69) is 17.1 Å². The number of nitrogens with one attached hydrogen (secondary N) is 1. The van der Waals surface area contributed by atoms with Crippen molar-refractivity contribution in [1.82, 2.24) is 10.2 Å². The second-order valence-electron chi connectivity index (χ2n) is 4.28. The van der Waals surface area contributed by atoms with Crippen LogP contribution in [-0.2, 0) is 10.8 Å². The van der Waals surface area contributed by atoms with Crippen molar-refractivity contribution < 1.29 is 4.21 Å². The number of rotatable bonds is 2. The van der Waals surface area contributed by atoms with Crippen molar-refractivity contribution in [3.63, 3.8) is 0 Å². The molecule has 2 aliphatic heterocycles. The number of hydrogen-bond acceptors (Lipinski definition) is 3. The van der Waals surface area contributed by atoms with Crippen LogP contribution in [0.15, 0.2) is 0 Å². The molecule has 3 nitrogen and oxygen atoms in total. The maximum atomic E-state index is 11.2. The fourth-order valence-electron chi connectivity index (χ4n) is 2.55. The number of hydrogen-bond donors (Lipinski definition) is 1. The molecule has 82 valence electrons. The maximum absolute atomic E-state index is 11.2. The Morgan fingerprint density at radius 1 is 1.36 bits per heavy atom. The van der Waals surface area contributed by atoms with Gasteiger partial charge in [-0.25, -0.2) is 0 Å². The van der Waals surface area contributed by atoms with Gasteiger partial charge in [0.15, 0.2) is 0 Å². The third-order valence-corrected chi connectivity index (χ3v) is 4.79. The fourth-order valence-corrected chi connectivity index (χ4v) is 3.63. The zero-order chi connectivity index (χ0) is 9.97. The predicted molar refractivity (Wildman–Crippen MR) is 59.9 cm³/mol. The van der Waals surface area contributed by atoms with Crippen molar-refractivity contribution in [1.29, 1.82) is 0 Å². The summed E-state index contributed by atoms with van der Waals surface area (Å²) < 4.78 is 11.2. The summed E-state index contributed by atoms with van der Waals surface area (Å²) in [5, 5.41) is 3.46. The van der Waals surface area contributed by atoms with Crippen LogP contribution in [0.4, 0.5) is 0 Å². The first kappa shape index (κ1) is 10.6. The molecule has 1 N–H and O–H groups in total. The Hall–Kier alpha value is 0.0700. The molecule has 0 amide bonds. The van der Waals surface area contributed by atoms with E-state index in [4.69, 9.17) is 0 Å². The van der Waals surface area contributed by atoms with E-state index in [1.54, 1.807) is 0 Å². The predicted octanol–water partition coefficient (Wildman–Crippen LogP) is 0.0487. The van der Waals surface area contributed by atoms with Crippen molar-refractivity contribution in [2.75, 3.05) is 37.7 Å². The van der Waals surface area contributed by atoms with Crippen molar-refractivity contribution in [2.45, 2.75) is 19.4 Å². The largest absolute Gasteiger partial charge is 0.315 e. The SMILES string of the molecule is CCC1CNCC1N1CCS(=O)CC1. The Labute approximate surface area is 88.7 Å². The molecule has 0 saturated carbocycles. The Kier molecular flexibility index (Phi) is 3.57. The molecule has 0 aliphatic carbocycles. The fraction of sp³-hybridized carbons (Fsp3) is 1.00. The first-order valence-electron chi connectivity index (χ1n) is 5.61. The highest BCUT2D eigenvalue weighted by molar-refractivity contribution is 7.85. The zero-order valence-corrected chi connectivity index (χ0v) is 9.68. The van der Waals surface area contributed by atoms with Gasteiger partial charge in [-0.1, -0.05) is 13.3 Å². The van der Waals surface area contributed by atoms with Gasteiger partial charge in [0.2, 0.25) is 0 Å². The third kappa shape index (κ3) is 2.18. The van der Waals surface area contributed by atoms with Crippen molar-refractivity contribution in [2.24, 2.45) is 5.92 Å². The Morgan fingerprint density at radius 2 is 2.07 bits per heavy atom. The first-order valence-corrected chi connectivity index (χ1v) is 7.09. The summed E-state index contributed by atoms with van der Waals surface area (Å²) in [6.45, 7) is 6.64. The standard InChI is InChI=1S/C10H20N2OS/c1-2-9-7-11-8-10(9)12-3-5-14(13)6-4-12/h9-11H,2-8H2,1H3.